The van der Waals surface area contributed by atoms with Gasteiger partial charge in [0.05, 0.1) is 5.92 Å². The standard InChI is InChI=1S/C19H21N5O3/c1-2-15-22-23-17-12(7-5-9-24(15)17)18(25)20-10-13-11-6-3-4-8-14(11)21-16(13)19(26)27/h3-4,6,8,12,21H,2,5,7,9-10H2,1H3,(H,20,25)(H,26,27). The molecular formula is C19H21N5O3. The van der Waals surface area contributed by atoms with E-state index in [1.807, 2.05) is 35.8 Å². The molecule has 1 aliphatic rings. The van der Waals surface area contributed by atoms with Crippen molar-refractivity contribution in [1.29, 1.82) is 0 Å². The van der Waals surface area contributed by atoms with Crippen molar-refractivity contribution in [2.75, 3.05) is 0 Å². The first-order valence-electron chi connectivity index (χ1n) is 9.12. The van der Waals surface area contributed by atoms with Crippen molar-refractivity contribution in [3.8, 4) is 0 Å². The topological polar surface area (TPSA) is 113 Å². The van der Waals surface area contributed by atoms with Gasteiger partial charge in [0, 0.05) is 36.0 Å². The molecule has 8 heteroatoms. The van der Waals surface area contributed by atoms with Crippen LogP contribution in [0.3, 0.4) is 0 Å². The summed E-state index contributed by atoms with van der Waals surface area (Å²) in [4.78, 5) is 27.3. The van der Waals surface area contributed by atoms with Crippen molar-refractivity contribution in [3.63, 3.8) is 0 Å². The number of aryl methyl sites for hydroxylation is 1. The largest absolute Gasteiger partial charge is 0.477 e. The maximum absolute atomic E-state index is 12.8. The molecule has 0 fully saturated rings. The molecule has 0 saturated heterocycles. The summed E-state index contributed by atoms with van der Waals surface area (Å²) in [5.41, 5.74) is 1.43. The SMILES string of the molecule is CCc1nnc2n1CCCC2C(=O)NCc1c(C(=O)O)[nH]c2ccccc12. The van der Waals surface area contributed by atoms with Crippen LogP contribution >= 0.6 is 0 Å². The molecule has 3 N–H and O–H groups in total. The number of rotatable bonds is 5. The minimum atomic E-state index is -1.04. The number of fused-ring (bicyclic) bond motifs is 2. The fourth-order valence-corrected chi connectivity index (χ4v) is 3.81. The Morgan fingerprint density at radius 1 is 1.33 bits per heavy atom. The predicted molar refractivity (Wildman–Crippen MR) is 98.5 cm³/mol. The Balaban J connectivity index is 1.58. The number of aromatic nitrogens is 4. The summed E-state index contributed by atoms with van der Waals surface area (Å²) in [6.45, 7) is 3.00. The van der Waals surface area contributed by atoms with Crippen LogP contribution in [0, 0.1) is 0 Å². The summed E-state index contributed by atoms with van der Waals surface area (Å²) in [5.74, 6) is 0.0541. The number of carboxylic acid groups (broad SMARTS) is 1. The van der Waals surface area contributed by atoms with E-state index in [4.69, 9.17) is 0 Å². The molecule has 3 heterocycles. The maximum Gasteiger partial charge on any atom is 0.352 e. The van der Waals surface area contributed by atoms with E-state index in [1.54, 1.807) is 0 Å². The number of aromatic carboxylic acids is 1. The summed E-state index contributed by atoms with van der Waals surface area (Å²) < 4.78 is 2.03. The molecule has 0 radical (unpaired) electrons. The summed E-state index contributed by atoms with van der Waals surface area (Å²) in [6, 6.07) is 7.36. The van der Waals surface area contributed by atoms with Crippen molar-refractivity contribution < 1.29 is 14.7 Å². The van der Waals surface area contributed by atoms with E-state index in [-0.39, 0.29) is 24.1 Å². The van der Waals surface area contributed by atoms with Crippen LogP contribution in [-0.4, -0.2) is 36.7 Å². The van der Waals surface area contributed by atoms with Crippen LogP contribution < -0.4 is 5.32 Å². The first-order chi connectivity index (χ1) is 13.1. The van der Waals surface area contributed by atoms with Crippen LogP contribution in [0.15, 0.2) is 24.3 Å². The number of carbonyl (C=O) groups is 2. The zero-order valence-electron chi connectivity index (χ0n) is 15.0. The molecule has 2 aromatic heterocycles. The van der Waals surface area contributed by atoms with Crippen molar-refractivity contribution in [2.45, 2.75) is 45.2 Å². The number of aromatic amines is 1. The molecule has 1 atom stereocenters. The predicted octanol–water partition coefficient (Wildman–Crippen LogP) is 2.21. The normalized spacial score (nSPS) is 16.3. The van der Waals surface area contributed by atoms with Gasteiger partial charge in [-0.2, -0.15) is 0 Å². The first-order valence-corrected chi connectivity index (χ1v) is 9.12. The van der Waals surface area contributed by atoms with Crippen molar-refractivity contribution in [3.05, 3.63) is 47.2 Å². The van der Waals surface area contributed by atoms with Gasteiger partial charge in [0.2, 0.25) is 5.91 Å². The van der Waals surface area contributed by atoms with Crippen LogP contribution in [0.5, 0.6) is 0 Å². The second-order valence-corrected chi connectivity index (χ2v) is 6.72. The Kier molecular flexibility index (Phi) is 4.39. The molecule has 0 bridgehead atoms. The van der Waals surface area contributed by atoms with Gasteiger partial charge in [0.1, 0.15) is 17.3 Å². The molecule has 140 valence electrons. The number of hydrogen-bond acceptors (Lipinski definition) is 4. The van der Waals surface area contributed by atoms with Gasteiger partial charge < -0.3 is 20.0 Å². The lowest BCUT2D eigenvalue weighted by atomic mass is 9.97. The van der Waals surface area contributed by atoms with Crippen LogP contribution in [0.1, 0.15) is 53.4 Å². The fourth-order valence-electron chi connectivity index (χ4n) is 3.81. The van der Waals surface area contributed by atoms with Gasteiger partial charge in [-0.15, -0.1) is 10.2 Å². The van der Waals surface area contributed by atoms with E-state index < -0.39 is 5.97 Å². The van der Waals surface area contributed by atoms with E-state index in [0.29, 0.717) is 17.8 Å². The fraction of sp³-hybridized carbons (Fsp3) is 0.368. The lowest BCUT2D eigenvalue weighted by Gasteiger charge is -2.22. The molecule has 3 aromatic rings. The molecule has 4 rings (SSSR count). The number of amides is 1. The highest BCUT2D eigenvalue weighted by Crippen LogP contribution is 2.28. The van der Waals surface area contributed by atoms with Crippen molar-refractivity contribution >= 4 is 22.8 Å². The monoisotopic (exact) mass is 367 g/mol. The Morgan fingerprint density at radius 2 is 2.15 bits per heavy atom. The van der Waals surface area contributed by atoms with E-state index >= 15 is 0 Å². The molecule has 1 amide bonds. The summed E-state index contributed by atoms with van der Waals surface area (Å²) in [6.07, 6.45) is 2.38. The first kappa shape index (κ1) is 17.3. The van der Waals surface area contributed by atoms with Crippen molar-refractivity contribution in [1.82, 2.24) is 25.1 Å². The number of nitrogens with zero attached hydrogens (tertiary/aromatic N) is 3. The second kappa shape index (κ2) is 6.86. The molecule has 0 aliphatic carbocycles. The highest BCUT2D eigenvalue weighted by atomic mass is 16.4. The third kappa shape index (κ3) is 2.97. The third-order valence-electron chi connectivity index (χ3n) is 5.14. The van der Waals surface area contributed by atoms with E-state index in [1.165, 1.54) is 0 Å². The summed E-state index contributed by atoms with van der Waals surface area (Å²) >= 11 is 0. The average Bonchev–Trinajstić information content (AvgIpc) is 3.27. The zero-order valence-corrected chi connectivity index (χ0v) is 15.0. The number of carboxylic acids is 1. The second-order valence-electron chi connectivity index (χ2n) is 6.72. The molecule has 0 spiro atoms. The number of nitrogens with one attached hydrogen (secondary N) is 2. The molecule has 27 heavy (non-hydrogen) atoms. The number of hydrogen-bond donors (Lipinski definition) is 3. The summed E-state index contributed by atoms with van der Waals surface area (Å²) in [7, 11) is 0. The maximum atomic E-state index is 12.8. The van der Waals surface area contributed by atoms with Gasteiger partial charge in [-0.05, 0) is 18.9 Å². The lowest BCUT2D eigenvalue weighted by Crippen LogP contribution is -2.33. The average molecular weight is 367 g/mol. The Morgan fingerprint density at radius 3 is 2.93 bits per heavy atom. The number of benzene rings is 1. The molecule has 1 unspecified atom stereocenters. The van der Waals surface area contributed by atoms with E-state index in [0.717, 1.165) is 36.1 Å². The minimum absolute atomic E-state index is 0.108. The molecule has 0 saturated carbocycles. The smallest absolute Gasteiger partial charge is 0.352 e. The van der Waals surface area contributed by atoms with Crippen LogP contribution in [0.4, 0.5) is 0 Å². The van der Waals surface area contributed by atoms with Gasteiger partial charge >= 0.3 is 5.97 Å². The van der Waals surface area contributed by atoms with Crippen LogP contribution in [0.2, 0.25) is 0 Å². The quantitative estimate of drug-likeness (QED) is 0.640. The minimum Gasteiger partial charge on any atom is -0.477 e. The lowest BCUT2D eigenvalue weighted by molar-refractivity contribution is -0.123. The van der Waals surface area contributed by atoms with Crippen molar-refractivity contribution in [2.24, 2.45) is 0 Å². The Labute approximate surface area is 155 Å². The van der Waals surface area contributed by atoms with Crippen LogP contribution in [-0.2, 0) is 24.3 Å². The molecule has 8 nitrogen and oxygen atoms in total. The third-order valence-corrected chi connectivity index (χ3v) is 5.14. The van der Waals surface area contributed by atoms with Gasteiger partial charge in [-0.25, -0.2) is 4.79 Å². The van der Waals surface area contributed by atoms with Crippen LogP contribution in [0.25, 0.3) is 10.9 Å². The molecule has 1 aromatic carbocycles. The Hall–Kier alpha value is -3.16. The summed E-state index contributed by atoms with van der Waals surface area (Å²) in [5, 5.41) is 21.6. The number of H-pyrrole nitrogens is 1. The Bertz CT molecular complexity index is 1020. The van der Waals surface area contributed by atoms with Gasteiger partial charge in [-0.3, -0.25) is 4.79 Å². The molecular weight excluding hydrogens is 346 g/mol. The number of carbonyl (C=O) groups excluding carboxylic acids is 1. The zero-order chi connectivity index (χ0) is 19.0. The molecule has 1 aliphatic heterocycles. The number of para-hydroxylation sites is 1. The highest BCUT2D eigenvalue weighted by Gasteiger charge is 2.30. The van der Waals surface area contributed by atoms with Gasteiger partial charge in [0.25, 0.3) is 0 Å². The van der Waals surface area contributed by atoms with E-state index in [2.05, 4.69) is 20.5 Å². The highest BCUT2D eigenvalue weighted by molar-refractivity contribution is 5.97. The van der Waals surface area contributed by atoms with Gasteiger partial charge in [-0.1, -0.05) is 25.1 Å². The van der Waals surface area contributed by atoms with E-state index in [9.17, 15) is 14.7 Å². The van der Waals surface area contributed by atoms with Gasteiger partial charge in [0.15, 0.2) is 0 Å².